The normalized spacial score (nSPS) is 21.2. The molecule has 0 amide bonds. The van der Waals surface area contributed by atoms with Gasteiger partial charge in [0.2, 0.25) is 0 Å². The Hall–Kier alpha value is -1.06. The van der Waals surface area contributed by atoms with Crippen LogP contribution in [0.1, 0.15) is 46.6 Å². The molecule has 0 aromatic heterocycles. The summed E-state index contributed by atoms with van der Waals surface area (Å²) in [5.74, 6) is 0. The summed E-state index contributed by atoms with van der Waals surface area (Å²) in [7, 11) is -0.0974. The molecule has 0 N–H and O–H groups in total. The summed E-state index contributed by atoms with van der Waals surface area (Å²) >= 11 is 0. The van der Waals surface area contributed by atoms with Gasteiger partial charge in [0.25, 0.3) is 0 Å². The van der Waals surface area contributed by atoms with Gasteiger partial charge in [-0.25, -0.2) is 0 Å². The quantitative estimate of drug-likeness (QED) is 0.747. The molecule has 108 valence electrons. The highest BCUT2D eigenvalue weighted by Gasteiger charge is 2.50. The van der Waals surface area contributed by atoms with E-state index in [-0.39, 0.29) is 18.3 Å². The van der Waals surface area contributed by atoms with E-state index < -0.39 is 0 Å². The minimum atomic E-state index is -0.226. The molecule has 0 radical (unpaired) electrons. The molecule has 0 saturated carbocycles. The van der Waals surface area contributed by atoms with Crippen LogP contribution in [0.3, 0.4) is 0 Å². The molecule has 20 heavy (non-hydrogen) atoms. The smallest absolute Gasteiger partial charge is 0.403 e. The highest BCUT2D eigenvalue weighted by Crippen LogP contribution is 2.38. The lowest BCUT2D eigenvalue weighted by atomic mass is 9.82. The summed E-state index contributed by atoms with van der Waals surface area (Å²) in [5.41, 5.74) is 2.13. The fourth-order valence-electron chi connectivity index (χ4n) is 2.34. The van der Waals surface area contributed by atoms with Gasteiger partial charge in [-0.2, -0.15) is 0 Å². The lowest BCUT2D eigenvalue weighted by molar-refractivity contribution is 0.00578. The molecule has 2 rings (SSSR count). The second-order valence-corrected chi connectivity index (χ2v) is 6.52. The standard InChI is InChI=1S/C17H25BO2/c1-14(15-11-7-6-8-12-15)10-9-13-18-19-16(2,3)17(4,5)20-18/h6-8,10-12H,9,13H2,1-5H3/b14-10+. The third-order valence-electron chi connectivity index (χ3n) is 4.38. The van der Waals surface area contributed by atoms with Crippen molar-refractivity contribution in [2.45, 2.75) is 58.6 Å². The average molecular weight is 272 g/mol. The van der Waals surface area contributed by atoms with Gasteiger partial charge in [0.1, 0.15) is 0 Å². The van der Waals surface area contributed by atoms with Crippen molar-refractivity contribution in [3.63, 3.8) is 0 Å². The predicted octanol–water partition coefficient (Wildman–Crippen LogP) is 4.57. The molecule has 1 aromatic rings. The van der Waals surface area contributed by atoms with Crippen LogP contribution in [0.25, 0.3) is 5.57 Å². The zero-order chi connectivity index (χ0) is 14.8. The summed E-state index contributed by atoms with van der Waals surface area (Å²) in [6.07, 6.45) is 4.13. The van der Waals surface area contributed by atoms with Crippen LogP contribution >= 0.6 is 0 Å². The minimum Gasteiger partial charge on any atom is -0.403 e. The number of hydrogen-bond acceptors (Lipinski definition) is 2. The van der Waals surface area contributed by atoms with Gasteiger partial charge < -0.3 is 9.31 Å². The average Bonchev–Trinajstić information content (AvgIpc) is 2.58. The van der Waals surface area contributed by atoms with Gasteiger partial charge in [-0.05, 0) is 58.5 Å². The van der Waals surface area contributed by atoms with Gasteiger partial charge in [-0.1, -0.05) is 36.4 Å². The summed E-state index contributed by atoms with van der Waals surface area (Å²) in [4.78, 5) is 0. The lowest BCUT2D eigenvalue weighted by Crippen LogP contribution is -2.41. The van der Waals surface area contributed by atoms with E-state index in [1.807, 2.05) is 6.07 Å². The Bertz CT molecular complexity index is 461. The molecule has 2 nitrogen and oxygen atoms in total. The van der Waals surface area contributed by atoms with Gasteiger partial charge in [0.15, 0.2) is 0 Å². The van der Waals surface area contributed by atoms with Gasteiger partial charge in [-0.3, -0.25) is 0 Å². The molecule has 0 unspecified atom stereocenters. The zero-order valence-electron chi connectivity index (χ0n) is 13.3. The maximum absolute atomic E-state index is 6.00. The monoisotopic (exact) mass is 272 g/mol. The molecule has 1 heterocycles. The third kappa shape index (κ3) is 3.33. The van der Waals surface area contributed by atoms with Crippen LogP contribution in [0.15, 0.2) is 36.4 Å². The van der Waals surface area contributed by atoms with Crippen molar-refractivity contribution in [1.29, 1.82) is 0 Å². The van der Waals surface area contributed by atoms with Crippen LogP contribution in [-0.4, -0.2) is 18.3 Å². The Labute approximate surface area is 123 Å². The topological polar surface area (TPSA) is 18.5 Å². The minimum absolute atomic E-state index is 0.0974. The predicted molar refractivity (Wildman–Crippen MR) is 85.6 cm³/mol. The fourth-order valence-corrected chi connectivity index (χ4v) is 2.34. The molecular weight excluding hydrogens is 247 g/mol. The maximum Gasteiger partial charge on any atom is 0.458 e. The summed E-state index contributed by atoms with van der Waals surface area (Å²) < 4.78 is 12.0. The van der Waals surface area contributed by atoms with Crippen molar-refractivity contribution in [2.75, 3.05) is 0 Å². The maximum atomic E-state index is 6.00. The number of allylic oxidation sites excluding steroid dienone is 2. The van der Waals surface area contributed by atoms with Crippen LogP contribution in [0.2, 0.25) is 6.32 Å². The van der Waals surface area contributed by atoms with Gasteiger partial charge in [0.05, 0.1) is 11.2 Å². The molecule has 0 spiro atoms. The fraction of sp³-hybridized carbons (Fsp3) is 0.529. The Morgan fingerprint density at radius 1 is 1.05 bits per heavy atom. The molecule has 1 aromatic carbocycles. The molecule has 0 bridgehead atoms. The summed E-state index contributed by atoms with van der Waals surface area (Å²) in [5, 5.41) is 0. The SMILES string of the molecule is C/C(=C\CCB1OC(C)(C)C(C)(C)O1)c1ccccc1. The second-order valence-electron chi connectivity index (χ2n) is 6.52. The first kappa shape index (κ1) is 15.3. The Morgan fingerprint density at radius 2 is 1.60 bits per heavy atom. The first-order chi connectivity index (χ1) is 9.32. The molecular formula is C17H25BO2. The Kier molecular flexibility index (Phi) is 4.41. The van der Waals surface area contributed by atoms with Crippen molar-refractivity contribution < 1.29 is 9.31 Å². The number of rotatable bonds is 4. The van der Waals surface area contributed by atoms with Crippen LogP contribution < -0.4 is 0 Å². The van der Waals surface area contributed by atoms with E-state index in [0.717, 1.165) is 12.7 Å². The van der Waals surface area contributed by atoms with Crippen LogP contribution in [0.5, 0.6) is 0 Å². The molecule has 0 atom stereocenters. The highest BCUT2D eigenvalue weighted by molar-refractivity contribution is 6.45. The van der Waals surface area contributed by atoms with E-state index in [0.29, 0.717) is 0 Å². The number of benzene rings is 1. The van der Waals surface area contributed by atoms with Gasteiger partial charge in [0, 0.05) is 0 Å². The van der Waals surface area contributed by atoms with Crippen LogP contribution in [-0.2, 0) is 9.31 Å². The third-order valence-corrected chi connectivity index (χ3v) is 4.38. The summed E-state index contributed by atoms with van der Waals surface area (Å²) in [6, 6.07) is 10.5. The van der Waals surface area contributed by atoms with E-state index in [9.17, 15) is 0 Å². The zero-order valence-corrected chi connectivity index (χ0v) is 13.3. The van der Waals surface area contributed by atoms with E-state index in [2.05, 4.69) is 65.0 Å². The molecule has 3 heteroatoms. The van der Waals surface area contributed by atoms with Crippen LogP contribution in [0.4, 0.5) is 0 Å². The van der Waals surface area contributed by atoms with Crippen molar-refractivity contribution in [1.82, 2.24) is 0 Å². The largest absolute Gasteiger partial charge is 0.458 e. The van der Waals surface area contributed by atoms with E-state index >= 15 is 0 Å². The van der Waals surface area contributed by atoms with E-state index in [1.54, 1.807) is 0 Å². The van der Waals surface area contributed by atoms with Crippen molar-refractivity contribution in [2.24, 2.45) is 0 Å². The first-order valence-corrected chi connectivity index (χ1v) is 7.40. The molecule has 1 fully saturated rings. The van der Waals surface area contributed by atoms with Gasteiger partial charge >= 0.3 is 7.12 Å². The van der Waals surface area contributed by atoms with Gasteiger partial charge in [-0.15, -0.1) is 0 Å². The van der Waals surface area contributed by atoms with Crippen molar-refractivity contribution >= 4 is 12.7 Å². The van der Waals surface area contributed by atoms with E-state index in [4.69, 9.17) is 9.31 Å². The van der Waals surface area contributed by atoms with Crippen molar-refractivity contribution in [3.05, 3.63) is 42.0 Å². The first-order valence-electron chi connectivity index (χ1n) is 7.40. The Balaban J connectivity index is 1.89. The van der Waals surface area contributed by atoms with Crippen molar-refractivity contribution in [3.8, 4) is 0 Å². The molecule has 1 aliphatic heterocycles. The summed E-state index contributed by atoms with van der Waals surface area (Å²) in [6.45, 7) is 10.5. The molecule has 1 aliphatic rings. The number of hydrogen-bond donors (Lipinski definition) is 0. The second kappa shape index (κ2) is 5.75. The molecule has 1 saturated heterocycles. The highest BCUT2D eigenvalue weighted by atomic mass is 16.7. The molecule has 0 aliphatic carbocycles. The van der Waals surface area contributed by atoms with Crippen LogP contribution in [0, 0.1) is 0 Å². The lowest BCUT2D eigenvalue weighted by Gasteiger charge is -2.32. The van der Waals surface area contributed by atoms with E-state index in [1.165, 1.54) is 11.1 Å². The Morgan fingerprint density at radius 3 is 2.15 bits per heavy atom.